The Bertz CT molecular complexity index is 649. The molecule has 19 heavy (non-hydrogen) atoms. The summed E-state index contributed by atoms with van der Waals surface area (Å²) in [6, 6.07) is 8.08. The Morgan fingerprint density at radius 3 is 2.68 bits per heavy atom. The molecule has 0 fully saturated rings. The highest BCUT2D eigenvalue weighted by Gasteiger charge is 2.12. The van der Waals surface area contributed by atoms with E-state index >= 15 is 0 Å². The predicted octanol–water partition coefficient (Wildman–Crippen LogP) is 4.20. The summed E-state index contributed by atoms with van der Waals surface area (Å²) in [5.74, 6) is -1.06. The minimum absolute atomic E-state index is 0.0772. The molecule has 0 aliphatic rings. The van der Waals surface area contributed by atoms with Crippen molar-refractivity contribution < 1.29 is 14.3 Å². The molecule has 2 aromatic carbocycles. The Morgan fingerprint density at radius 1 is 1.26 bits per heavy atom. The molecule has 0 radical (unpaired) electrons. The fraction of sp³-hybridized carbons (Fsp3) is 0. The van der Waals surface area contributed by atoms with Gasteiger partial charge >= 0.3 is 0 Å². The van der Waals surface area contributed by atoms with Gasteiger partial charge in [0.2, 0.25) is 0 Å². The number of hydrogen-bond donors (Lipinski definition) is 2. The maximum absolute atomic E-state index is 13.1. The second kappa shape index (κ2) is 5.59. The molecule has 3 nitrogen and oxygen atoms in total. The number of hydrogen-bond acceptors (Lipinski definition) is 2. The lowest BCUT2D eigenvalue weighted by atomic mass is 10.2. The van der Waals surface area contributed by atoms with Gasteiger partial charge in [0.25, 0.3) is 5.91 Å². The van der Waals surface area contributed by atoms with Crippen LogP contribution in [-0.4, -0.2) is 11.0 Å². The number of nitrogens with one attached hydrogen (secondary N) is 1. The summed E-state index contributed by atoms with van der Waals surface area (Å²) in [5.41, 5.74) is 0.577. The molecule has 0 spiro atoms. The van der Waals surface area contributed by atoms with E-state index in [-0.39, 0.29) is 16.3 Å². The van der Waals surface area contributed by atoms with Crippen LogP contribution in [0.2, 0.25) is 5.02 Å². The zero-order valence-electron chi connectivity index (χ0n) is 9.45. The van der Waals surface area contributed by atoms with Crippen LogP contribution in [0, 0.1) is 5.82 Å². The molecule has 0 aliphatic carbocycles. The molecule has 0 unspecified atom stereocenters. The van der Waals surface area contributed by atoms with Crippen LogP contribution in [0.5, 0.6) is 5.75 Å². The minimum Gasteiger partial charge on any atom is -0.506 e. The van der Waals surface area contributed by atoms with Gasteiger partial charge in [0.15, 0.2) is 0 Å². The van der Waals surface area contributed by atoms with Crippen LogP contribution in [0.1, 0.15) is 10.4 Å². The standard InChI is InChI=1S/C13H8BrClFNO2/c14-10-3-1-7(16)5-9(10)13(19)17-8-2-4-12(18)11(15)6-8/h1-6,18H,(H,17,19). The van der Waals surface area contributed by atoms with Crippen molar-refractivity contribution >= 4 is 39.1 Å². The SMILES string of the molecule is O=C(Nc1ccc(O)c(Cl)c1)c1cc(F)ccc1Br. The molecular formula is C13H8BrClFNO2. The van der Waals surface area contributed by atoms with Crippen molar-refractivity contribution in [1.82, 2.24) is 0 Å². The number of benzene rings is 2. The molecule has 98 valence electrons. The minimum atomic E-state index is -0.503. The fourth-order valence-electron chi connectivity index (χ4n) is 1.45. The Balaban J connectivity index is 2.25. The van der Waals surface area contributed by atoms with Gasteiger partial charge in [-0.1, -0.05) is 11.6 Å². The van der Waals surface area contributed by atoms with Crippen LogP contribution in [-0.2, 0) is 0 Å². The first-order valence-corrected chi connectivity index (χ1v) is 6.39. The number of aromatic hydroxyl groups is 1. The van der Waals surface area contributed by atoms with Crippen LogP contribution in [0.15, 0.2) is 40.9 Å². The molecule has 2 rings (SSSR count). The van der Waals surface area contributed by atoms with E-state index in [9.17, 15) is 14.3 Å². The third kappa shape index (κ3) is 3.24. The molecule has 0 saturated heterocycles. The van der Waals surface area contributed by atoms with Crippen molar-refractivity contribution in [1.29, 1.82) is 0 Å². The van der Waals surface area contributed by atoms with Crippen LogP contribution in [0.25, 0.3) is 0 Å². The van der Waals surface area contributed by atoms with Crippen LogP contribution in [0.3, 0.4) is 0 Å². The van der Waals surface area contributed by atoms with E-state index in [1.165, 1.54) is 30.3 Å². The number of carbonyl (C=O) groups excluding carboxylic acids is 1. The summed E-state index contributed by atoms with van der Waals surface area (Å²) in [6.45, 7) is 0. The maximum Gasteiger partial charge on any atom is 0.256 e. The quantitative estimate of drug-likeness (QED) is 0.802. The summed E-state index contributed by atoms with van der Waals surface area (Å²) in [5, 5.41) is 12.0. The molecule has 6 heteroatoms. The van der Waals surface area contributed by atoms with Gasteiger partial charge in [-0.05, 0) is 52.3 Å². The van der Waals surface area contributed by atoms with Gasteiger partial charge in [-0.2, -0.15) is 0 Å². The van der Waals surface area contributed by atoms with Crippen LogP contribution < -0.4 is 5.32 Å². The van der Waals surface area contributed by atoms with Crippen molar-refractivity contribution in [2.24, 2.45) is 0 Å². The van der Waals surface area contributed by atoms with Gasteiger partial charge in [0.05, 0.1) is 10.6 Å². The number of carbonyl (C=O) groups is 1. The van der Waals surface area contributed by atoms with Crippen LogP contribution >= 0.6 is 27.5 Å². The monoisotopic (exact) mass is 343 g/mol. The number of rotatable bonds is 2. The first-order chi connectivity index (χ1) is 8.97. The lowest BCUT2D eigenvalue weighted by Crippen LogP contribution is -2.12. The Kier molecular flexibility index (Phi) is 4.07. The van der Waals surface area contributed by atoms with Crippen molar-refractivity contribution in [2.45, 2.75) is 0 Å². The highest BCUT2D eigenvalue weighted by molar-refractivity contribution is 9.10. The Hall–Kier alpha value is -1.59. The van der Waals surface area contributed by atoms with E-state index in [1.807, 2.05) is 0 Å². The van der Waals surface area contributed by atoms with Gasteiger partial charge in [0.1, 0.15) is 11.6 Å². The topological polar surface area (TPSA) is 49.3 Å². The second-order valence-electron chi connectivity index (χ2n) is 3.74. The highest BCUT2D eigenvalue weighted by Crippen LogP contribution is 2.27. The molecular weight excluding hydrogens is 337 g/mol. The van der Waals surface area contributed by atoms with Gasteiger partial charge in [-0.25, -0.2) is 4.39 Å². The molecule has 2 aromatic rings. The average Bonchev–Trinajstić information content (AvgIpc) is 2.36. The fourth-order valence-corrected chi connectivity index (χ4v) is 2.06. The number of halogens is 3. The van der Waals surface area contributed by atoms with E-state index in [1.54, 1.807) is 0 Å². The van der Waals surface area contributed by atoms with E-state index in [0.29, 0.717) is 10.2 Å². The molecule has 0 aromatic heterocycles. The highest BCUT2D eigenvalue weighted by atomic mass is 79.9. The maximum atomic E-state index is 13.1. The summed E-state index contributed by atoms with van der Waals surface area (Å²) >= 11 is 8.91. The molecule has 0 bridgehead atoms. The predicted molar refractivity (Wildman–Crippen MR) is 75.2 cm³/mol. The normalized spacial score (nSPS) is 10.3. The summed E-state index contributed by atoms with van der Waals surface area (Å²) < 4.78 is 13.6. The van der Waals surface area contributed by atoms with Crippen molar-refractivity contribution in [3.05, 3.63) is 57.3 Å². The number of amides is 1. The smallest absolute Gasteiger partial charge is 0.256 e. The third-order valence-corrected chi connectivity index (χ3v) is 3.37. The first-order valence-electron chi connectivity index (χ1n) is 5.22. The van der Waals surface area contributed by atoms with E-state index in [2.05, 4.69) is 21.2 Å². The average molecular weight is 345 g/mol. The van der Waals surface area contributed by atoms with Crippen molar-refractivity contribution in [3.63, 3.8) is 0 Å². The van der Waals surface area contributed by atoms with E-state index in [4.69, 9.17) is 11.6 Å². The lowest BCUT2D eigenvalue weighted by Gasteiger charge is -2.08. The third-order valence-electron chi connectivity index (χ3n) is 2.38. The number of phenols is 1. The van der Waals surface area contributed by atoms with Gasteiger partial charge in [-0.15, -0.1) is 0 Å². The summed E-state index contributed by atoms with van der Waals surface area (Å²) in [4.78, 5) is 12.0. The molecule has 0 heterocycles. The lowest BCUT2D eigenvalue weighted by molar-refractivity contribution is 0.102. The largest absolute Gasteiger partial charge is 0.506 e. The van der Waals surface area contributed by atoms with Gasteiger partial charge in [-0.3, -0.25) is 4.79 Å². The van der Waals surface area contributed by atoms with Crippen molar-refractivity contribution in [2.75, 3.05) is 5.32 Å². The van der Waals surface area contributed by atoms with Crippen molar-refractivity contribution in [3.8, 4) is 5.75 Å². The zero-order valence-corrected chi connectivity index (χ0v) is 11.8. The summed E-state index contributed by atoms with van der Waals surface area (Å²) in [6.07, 6.45) is 0. The Labute approximate surface area is 122 Å². The molecule has 1 amide bonds. The molecule has 0 aliphatic heterocycles. The molecule has 0 atom stereocenters. The summed E-state index contributed by atoms with van der Waals surface area (Å²) in [7, 11) is 0. The van der Waals surface area contributed by atoms with Gasteiger partial charge in [0, 0.05) is 10.2 Å². The van der Waals surface area contributed by atoms with Crippen LogP contribution in [0.4, 0.5) is 10.1 Å². The molecule has 0 saturated carbocycles. The number of phenolic OH excluding ortho intramolecular Hbond substituents is 1. The first kappa shape index (κ1) is 13.8. The second-order valence-corrected chi connectivity index (χ2v) is 5.01. The number of anilines is 1. The molecule has 2 N–H and O–H groups in total. The Morgan fingerprint density at radius 2 is 2.00 bits per heavy atom. The van der Waals surface area contributed by atoms with Gasteiger partial charge < -0.3 is 10.4 Å². The van der Waals surface area contributed by atoms with E-state index < -0.39 is 11.7 Å². The van der Waals surface area contributed by atoms with E-state index in [0.717, 1.165) is 6.07 Å². The zero-order chi connectivity index (χ0) is 14.0.